The van der Waals surface area contributed by atoms with Crippen LogP contribution in [0.1, 0.15) is 41.8 Å². The number of hydrogen-bond donors (Lipinski definition) is 2. The maximum atomic E-state index is 13.1. The summed E-state index contributed by atoms with van der Waals surface area (Å²) in [7, 11) is 0. The van der Waals surface area contributed by atoms with E-state index < -0.39 is 11.6 Å². The number of carbonyl (C=O) groups excluding carboxylic acids is 1. The maximum Gasteiger partial charge on any atom is 0.343 e. The molecule has 2 aromatic rings. The molecule has 0 spiro atoms. The third kappa shape index (κ3) is 1.90. The van der Waals surface area contributed by atoms with Crippen molar-refractivity contribution >= 4 is 11.7 Å². The molecular formula is C20H20N2O4. The van der Waals surface area contributed by atoms with Crippen LogP contribution in [0.2, 0.25) is 0 Å². The number of nitrogens with one attached hydrogen (secondary N) is 1. The number of anilines is 1. The molecule has 5 rings (SSSR count). The van der Waals surface area contributed by atoms with E-state index >= 15 is 0 Å². The molecule has 0 saturated heterocycles. The van der Waals surface area contributed by atoms with E-state index in [1.54, 1.807) is 11.5 Å². The van der Waals surface area contributed by atoms with E-state index in [4.69, 9.17) is 4.74 Å². The monoisotopic (exact) mass is 352 g/mol. The van der Waals surface area contributed by atoms with Gasteiger partial charge in [-0.1, -0.05) is 25.1 Å². The molecule has 4 heterocycles. The Morgan fingerprint density at radius 2 is 2.15 bits per heavy atom. The third-order valence-corrected chi connectivity index (χ3v) is 6.09. The average molecular weight is 352 g/mol. The summed E-state index contributed by atoms with van der Waals surface area (Å²) < 4.78 is 6.88. The Bertz CT molecular complexity index is 996. The number of ether oxygens (including phenoxy) is 1. The predicted octanol–water partition coefficient (Wildman–Crippen LogP) is 1.84. The lowest BCUT2D eigenvalue weighted by Crippen LogP contribution is -2.44. The number of para-hydroxylation sites is 1. The van der Waals surface area contributed by atoms with Crippen molar-refractivity contribution in [3.8, 4) is 0 Å². The van der Waals surface area contributed by atoms with Crippen LogP contribution in [0.25, 0.3) is 0 Å². The van der Waals surface area contributed by atoms with E-state index in [2.05, 4.69) is 11.4 Å². The standard InChI is InChI=1S/C20H20N2O4/c1-2-20(25)14-8-16-17-12(7-11-5-3-4-6-15(11)21-17)9-22(16)18(23)13(14)10-26-19(20)24/h3-6,8,12,17,21,25H,2,7,9-10H2,1H3/t12?,17?,20-/m0/s1. The van der Waals surface area contributed by atoms with E-state index in [1.165, 1.54) is 5.56 Å². The topological polar surface area (TPSA) is 80.6 Å². The van der Waals surface area contributed by atoms with Crippen molar-refractivity contribution in [1.82, 2.24) is 4.57 Å². The van der Waals surface area contributed by atoms with Gasteiger partial charge < -0.3 is 19.7 Å². The van der Waals surface area contributed by atoms with E-state index in [1.807, 2.05) is 24.3 Å². The van der Waals surface area contributed by atoms with Gasteiger partial charge in [-0.25, -0.2) is 4.79 Å². The number of rotatable bonds is 1. The van der Waals surface area contributed by atoms with E-state index in [-0.39, 0.29) is 30.5 Å². The molecule has 134 valence electrons. The van der Waals surface area contributed by atoms with Crippen molar-refractivity contribution in [2.45, 2.75) is 44.6 Å². The van der Waals surface area contributed by atoms with E-state index in [9.17, 15) is 14.7 Å². The van der Waals surface area contributed by atoms with Crippen LogP contribution in [-0.2, 0) is 34.7 Å². The first-order valence-electron chi connectivity index (χ1n) is 9.04. The molecule has 0 amide bonds. The zero-order valence-electron chi connectivity index (χ0n) is 14.5. The molecule has 1 aromatic heterocycles. The number of nitrogens with zero attached hydrogens (tertiary/aromatic N) is 1. The number of aliphatic hydroxyl groups is 1. The van der Waals surface area contributed by atoms with Crippen LogP contribution >= 0.6 is 0 Å². The molecule has 2 unspecified atom stereocenters. The van der Waals surface area contributed by atoms with Crippen LogP contribution in [0.15, 0.2) is 35.1 Å². The van der Waals surface area contributed by atoms with Crippen LogP contribution < -0.4 is 10.9 Å². The second kappa shape index (κ2) is 5.20. The molecule has 26 heavy (non-hydrogen) atoms. The molecule has 0 radical (unpaired) electrons. The molecule has 0 aliphatic carbocycles. The fourth-order valence-corrected chi connectivity index (χ4v) is 4.61. The van der Waals surface area contributed by atoms with Gasteiger partial charge in [0.25, 0.3) is 5.56 Å². The van der Waals surface area contributed by atoms with Gasteiger partial charge in [-0.05, 0) is 30.5 Å². The number of carbonyl (C=O) groups is 1. The summed E-state index contributed by atoms with van der Waals surface area (Å²) in [6.45, 7) is 2.28. The third-order valence-electron chi connectivity index (χ3n) is 6.09. The SMILES string of the molecule is CC[C@@]1(O)C(=O)OCc2c1cc1n(c2=O)CC2Cc3ccccc3NC12. The number of esters is 1. The van der Waals surface area contributed by atoms with Crippen molar-refractivity contribution in [2.24, 2.45) is 5.92 Å². The van der Waals surface area contributed by atoms with Crippen molar-refractivity contribution in [2.75, 3.05) is 5.32 Å². The number of cyclic esters (lactones) is 1. The molecular weight excluding hydrogens is 332 g/mol. The van der Waals surface area contributed by atoms with Gasteiger partial charge in [0.15, 0.2) is 5.60 Å². The number of benzene rings is 1. The van der Waals surface area contributed by atoms with Crippen LogP contribution in [0, 0.1) is 5.92 Å². The van der Waals surface area contributed by atoms with E-state index in [0.717, 1.165) is 17.8 Å². The molecule has 2 N–H and O–H groups in total. The summed E-state index contributed by atoms with van der Waals surface area (Å²) in [4.78, 5) is 25.2. The Morgan fingerprint density at radius 1 is 1.35 bits per heavy atom. The van der Waals surface area contributed by atoms with Gasteiger partial charge in [0.1, 0.15) is 6.61 Å². The highest BCUT2D eigenvalue weighted by Crippen LogP contribution is 2.43. The lowest BCUT2D eigenvalue weighted by Gasteiger charge is -2.33. The maximum absolute atomic E-state index is 13.1. The predicted molar refractivity (Wildman–Crippen MR) is 94.7 cm³/mol. The van der Waals surface area contributed by atoms with Crippen molar-refractivity contribution in [1.29, 1.82) is 0 Å². The first kappa shape index (κ1) is 15.6. The molecule has 1 aromatic carbocycles. The first-order valence-corrected chi connectivity index (χ1v) is 9.04. The van der Waals surface area contributed by atoms with Gasteiger partial charge in [0, 0.05) is 29.4 Å². The summed E-state index contributed by atoms with van der Waals surface area (Å²) >= 11 is 0. The minimum Gasteiger partial charge on any atom is -0.458 e. The van der Waals surface area contributed by atoms with Crippen molar-refractivity contribution < 1.29 is 14.6 Å². The molecule has 3 atom stereocenters. The van der Waals surface area contributed by atoms with Gasteiger partial charge in [-0.3, -0.25) is 4.79 Å². The Morgan fingerprint density at radius 3 is 2.96 bits per heavy atom. The quantitative estimate of drug-likeness (QED) is 0.766. The molecule has 0 fully saturated rings. The first-order chi connectivity index (χ1) is 12.5. The summed E-state index contributed by atoms with van der Waals surface area (Å²) in [5, 5.41) is 14.4. The second-order valence-electron chi connectivity index (χ2n) is 7.41. The number of fused-ring (bicyclic) bond motifs is 5. The highest BCUT2D eigenvalue weighted by atomic mass is 16.6. The zero-order valence-corrected chi connectivity index (χ0v) is 14.5. The molecule has 6 nitrogen and oxygen atoms in total. The van der Waals surface area contributed by atoms with Crippen LogP contribution in [0.5, 0.6) is 0 Å². The Labute approximate surface area is 150 Å². The van der Waals surface area contributed by atoms with Crippen LogP contribution in [0.4, 0.5) is 5.69 Å². The lowest BCUT2D eigenvalue weighted by molar-refractivity contribution is -0.172. The van der Waals surface area contributed by atoms with Crippen LogP contribution in [0.3, 0.4) is 0 Å². The highest BCUT2D eigenvalue weighted by Gasteiger charge is 2.47. The van der Waals surface area contributed by atoms with Gasteiger partial charge in [0.05, 0.1) is 11.6 Å². The largest absolute Gasteiger partial charge is 0.458 e. The number of hydrogen-bond acceptors (Lipinski definition) is 5. The Balaban J connectivity index is 1.67. The van der Waals surface area contributed by atoms with Gasteiger partial charge in [-0.15, -0.1) is 0 Å². The summed E-state index contributed by atoms with van der Waals surface area (Å²) in [5.74, 6) is -0.402. The van der Waals surface area contributed by atoms with Crippen molar-refractivity contribution in [3.63, 3.8) is 0 Å². The Hall–Kier alpha value is -2.60. The fraction of sp³-hybridized carbons (Fsp3) is 0.400. The van der Waals surface area contributed by atoms with Gasteiger partial charge in [0.2, 0.25) is 0 Å². The fourth-order valence-electron chi connectivity index (χ4n) is 4.61. The molecule has 0 saturated carbocycles. The molecule has 3 aliphatic rings. The minimum atomic E-state index is -1.74. The molecule has 0 bridgehead atoms. The van der Waals surface area contributed by atoms with Gasteiger partial charge >= 0.3 is 5.97 Å². The second-order valence-corrected chi connectivity index (χ2v) is 7.41. The zero-order chi connectivity index (χ0) is 18.1. The van der Waals surface area contributed by atoms with E-state index in [0.29, 0.717) is 17.7 Å². The van der Waals surface area contributed by atoms with Crippen molar-refractivity contribution in [3.05, 3.63) is 63.1 Å². The van der Waals surface area contributed by atoms with Gasteiger partial charge in [-0.2, -0.15) is 0 Å². The van der Waals surface area contributed by atoms with Crippen LogP contribution in [-0.4, -0.2) is 15.6 Å². The normalized spacial score (nSPS) is 28.3. The minimum absolute atomic E-state index is 0.00181. The molecule has 3 aliphatic heterocycles. The summed E-state index contributed by atoms with van der Waals surface area (Å²) in [6.07, 6.45) is 1.07. The number of pyridine rings is 1. The smallest absolute Gasteiger partial charge is 0.343 e. The highest BCUT2D eigenvalue weighted by molar-refractivity contribution is 5.83. The summed E-state index contributed by atoms with van der Waals surface area (Å²) in [6, 6.07) is 10.0. The summed E-state index contributed by atoms with van der Waals surface area (Å²) in [5.41, 5.74) is 2.09. The number of aromatic nitrogens is 1. The average Bonchev–Trinajstić information content (AvgIpc) is 3.01. The lowest BCUT2D eigenvalue weighted by atomic mass is 9.84. The Kier molecular flexibility index (Phi) is 3.13. The molecule has 6 heteroatoms.